The van der Waals surface area contributed by atoms with Crippen molar-refractivity contribution >= 4 is 15.7 Å². The average Bonchev–Trinajstić information content (AvgIpc) is 2.70. The van der Waals surface area contributed by atoms with Gasteiger partial charge in [-0.05, 0) is 23.6 Å². The third-order valence-electron chi connectivity index (χ3n) is 4.14. The molecule has 13 heteroatoms. The van der Waals surface area contributed by atoms with Crippen molar-refractivity contribution in [1.29, 1.82) is 0 Å². The smallest absolute Gasteiger partial charge is 0.422 e. The average molecular weight is 503 g/mol. The van der Waals surface area contributed by atoms with Crippen LogP contribution < -0.4 is 14.2 Å². The number of rotatable bonds is 10. The summed E-state index contributed by atoms with van der Waals surface area (Å²) in [7, 11) is -4.24. The molecule has 184 valence electrons. The van der Waals surface area contributed by atoms with Crippen LogP contribution in [0, 0.1) is 0 Å². The second kappa shape index (κ2) is 10.1. The highest BCUT2D eigenvalue weighted by atomic mass is 32.2. The number of nitrogens with one attached hydrogen (secondary N) is 1. The van der Waals surface area contributed by atoms with Gasteiger partial charge in [-0.1, -0.05) is 26.0 Å². The molecule has 0 aliphatic carbocycles. The van der Waals surface area contributed by atoms with Gasteiger partial charge in [0.1, 0.15) is 11.5 Å². The van der Waals surface area contributed by atoms with E-state index in [2.05, 4.69) is 14.2 Å². The van der Waals surface area contributed by atoms with Gasteiger partial charge in [-0.25, -0.2) is 17.2 Å². The van der Waals surface area contributed by atoms with Crippen LogP contribution in [0.2, 0.25) is 0 Å². The molecule has 2 rings (SSSR count). The predicted molar refractivity (Wildman–Crippen MR) is 106 cm³/mol. The lowest BCUT2D eigenvalue weighted by atomic mass is 10.0. The minimum absolute atomic E-state index is 0.128. The van der Waals surface area contributed by atoms with E-state index in [0.29, 0.717) is 0 Å². The molecule has 33 heavy (non-hydrogen) atoms. The van der Waals surface area contributed by atoms with E-state index >= 15 is 0 Å². The molecule has 0 aliphatic rings. The summed E-state index contributed by atoms with van der Waals surface area (Å²) in [6.07, 6.45) is -8.80. The number of alkyl halides is 7. The Bertz CT molecular complexity index is 1040. The Labute approximate surface area is 185 Å². The fourth-order valence-corrected chi connectivity index (χ4v) is 3.49. The molecular weight excluding hydrogens is 483 g/mol. The summed E-state index contributed by atoms with van der Waals surface area (Å²) >= 11 is 0. The third-order valence-corrected chi connectivity index (χ3v) is 5.54. The van der Waals surface area contributed by atoms with Crippen molar-refractivity contribution in [2.45, 2.75) is 43.2 Å². The summed E-state index contributed by atoms with van der Waals surface area (Å²) < 4.78 is 125. The van der Waals surface area contributed by atoms with Crippen LogP contribution in [0.4, 0.5) is 36.4 Å². The van der Waals surface area contributed by atoms with Crippen LogP contribution in [0.3, 0.4) is 0 Å². The van der Waals surface area contributed by atoms with Crippen LogP contribution in [0.15, 0.2) is 47.4 Å². The second-order valence-electron chi connectivity index (χ2n) is 7.28. The van der Waals surface area contributed by atoms with Crippen LogP contribution in [0.25, 0.3) is 0 Å². The first kappa shape index (κ1) is 26.6. The molecule has 0 amide bonds. The van der Waals surface area contributed by atoms with Crippen LogP contribution in [-0.2, 0) is 10.0 Å². The fourth-order valence-electron chi connectivity index (χ4n) is 2.45. The van der Waals surface area contributed by atoms with E-state index in [9.17, 15) is 39.2 Å². The Hall–Kier alpha value is -2.70. The summed E-state index contributed by atoms with van der Waals surface area (Å²) in [5, 5.41) is 0. The Morgan fingerprint density at radius 2 is 1.39 bits per heavy atom. The topological polar surface area (TPSA) is 64.6 Å². The molecule has 0 spiro atoms. The molecule has 0 atom stereocenters. The van der Waals surface area contributed by atoms with Gasteiger partial charge in [-0.2, -0.15) is 22.0 Å². The van der Waals surface area contributed by atoms with Gasteiger partial charge in [-0.15, -0.1) is 0 Å². The molecular formula is C20H20F7NO4S. The second-order valence-corrected chi connectivity index (χ2v) is 8.96. The molecule has 2 aromatic carbocycles. The molecule has 0 bridgehead atoms. The lowest BCUT2D eigenvalue weighted by Gasteiger charge is -2.18. The van der Waals surface area contributed by atoms with Crippen molar-refractivity contribution < 1.29 is 48.6 Å². The molecule has 1 N–H and O–H groups in total. The first-order valence-electron chi connectivity index (χ1n) is 9.35. The van der Waals surface area contributed by atoms with Crippen LogP contribution in [0.1, 0.15) is 25.3 Å². The van der Waals surface area contributed by atoms with Gasteiger partial charge in [-0.3, -0.25) is 4.72 Å². The standard InChI is InChI=1S/C20H20F7NO4S/c1-12(2)13-3-5-17(6-4-13)33(29,30)28-14-7-15(31-10-19(23,24)18(21)22)9-16(8-14)32-11-20(25,26)27/h3-9,12,18,28H,10-11H2,1-2H3. The van der Waals surface area contributed by atoms with Crippen LogP contribution in [0.5, 0.6) is 11.5 Å². The number of hydrogen-bond acceptors (Lipinski definition) is 4. The summed E-state index contributed by atoms with van der Waals surface area (Å²) in [5.74, 6) is -5.61. The Morgan fingerprint density at radius 1 is 0.879 bits per heavy atom. The van der Waals surface area contributed by atoms with Gasteiger partial charge in [0.15, 0.2) is 13.2 Å². The maximum Gasteiger partial charge on any atom is 0.422 e. The van der Waals surface area contributed by atoms with Gasteiger partial charge in [0, 0.05) is 18.2 Å². The summed E-state index contributed by atoms with van der Waals surface area (Å²) in [6.45, 7) is 0.226. The van der Waals surface area contributed by atoms with E-state index in [4.69, 9.17) is 0 Å². The number of hydrogen-bond donors (Lipinski definition) is 1. The fraction of sp³-hybridized carbons (Fsp3) is 0.400. The lowest BCUT2D eigenvalue weighted by molar-refractivity contribution is -0.153. The predicted octanol–water partition coefficient (Wildman–Crippen LogP) is 5.83. The van der Waals surface area contributed by atoms with E-state index < -0.39 is 58.9 Å². The molecule has 5 nitrogen and oxygen atoms in total. The van der Waals surface area contributed by atoms with Crippen LogP contribution in [-0.4, -0.2) is 40.2 Å². The van der Waals surface area contributed by atoms with Gasteiger partial charge < -0.3 is 9.47 Å². The first-order valence-corrected chi connectivity index (χ1v) is 10.8. The molecule has 0 heterocycles. The monoisotopic (exact) mass is 503 g/mol. The summed E-state index contributed by atoms with van der Waals surface area (Å²) in [6, 6.07) is 8.21. The van der Waals surface area contributed by atoms with Crippen molar-refractivity contribution in [1.82, 2.24) is 0 Å². The summed E-state index contributed by atoms with van der Waals surface area (Å²) in [5.41, 5.74) is 0.463. The third kappa shape index (κ3) is 7.98. The number of ether oxygens (including phenoxy) is 2. The Kier molecular flexibility index (Phi) is 8.09. The minimum Gasteiger partial charge on any atom is -0.487 e. The molecule has 0 radical (unpaired) electrons. The molecule has 0 fully saturated rings. The van der Waals surface area contributed by atoms with Crippen molar-refractivity contribution in [3.63, 3.8) is 0 Å². The maximum atomic E-state index is 13.2. The Balaban J connectivity index is 2.32. The molecule has 2 aromatic rings. The Morgan fingerprint density at radius 3 is 1.85 bits per heavy atom. The zero-order chi connectivity index (χ0) is 25.0. The number of benzene rings is 2. The SMILES string of the molecule is CC(C)c1ccc(S(=O)(=O)Nc2cc(OCC(F)(F)F)cc(OCC(F)(F)C(F)F)c2)cc1. The molecule has 0 saturated carbocycles. The van der Waals surface area contributed by atoms with Crippen molar-refractivity contribution in [3.05, 3.63) is 48.0 Å². The number of halogens is 7. The highest BCUT2D eigenvalue weighted by Crippen LogP contribution is 2.31. The van der Waals surface area contributed by atoms with Crippen molar-refractivity contribution in [2.75, 3.05) is 17.9 Å². The van der Waals surface area contributed by atoms with E-state index in [1.807, 2.05) is 13.8 Å². The number of sulfonamides is 1. The normalized spacial score (nSPS) is 12.8. The highest BCUT2D eigenvalue weighted by molar-refractivity contribution is 7.92. The zero-order valence-electron chi connectivity index (χ0n) is 17.3. The lowest BCUT2D eigenvalue weighted by Crippen LogP contribution is -2.33. The molecule has 0 aromatic heterocycles. The maximum absolute atomic E-state index is 13.2. The van der Waals surface area contributed by atoms with E-state index in [1.165, 1.54) is 12.1 Å². The highest BCUT2D eigenvalue weighted by Gasteiger charge is 2.41. The van der Waals surface area contributed by atoms with E-state index in [1.54, 1.807) is 12.1 Å². The minimum atomic E-state index is -4.75. The summed E-state index contributed by atoms with van der Waals surface area (Å²) in [4.78, 5) is -0.180. The first-order chi connectivity index (χ1) is 15.1. The van der Waals surface area contributed by atoms with E-state index in [0.717, 1.165) is 23.8 Å². The zero-order valence-corrected chi connectivity index (χ0v) is 18.1. The number of anilines is 1. The van der Waals surface area contributed by atoms with Gasteiger partial charge >= 0.3 is 18.5 Å². The molecule has 0 unspecified atom stereocenters. The van der Waals surface area contributed by atoms with Gasteiger partial charge in [0.05, 0.1) is 10.6 Å². The molecule has 0 aliphatic heterocycles. The van der Waals surface area contributed by atoms with E-state index in [-0.39, 0.29) is 10.8 Å². The van der Waals surface area contributed by atoms with Gasteiger partial charge in [0.2, 0.25) is 0 Å². The van der Waals surface area contributed by atoms with Gasteiger partial charge in [0.25, 0.3) is 10.0 Å². The van der Waals surface area contributed by atoms with Crippen molar-refractivity contribution in [3.8, 4) is 11.5 Å². The van der Waals surface area contributed by atoms with Crippen LogP contribution >= 0.6 is 0 Å². The largest absolute Gasteiger partial charge is 0.487 e. The van der Waals surface area contributed by atoms with Crippen molar-refractivity contribution in [2.24, 2.45) is 0 Å². The quantitative estimate of drug-likeness (QED) is 0.415. The molecule has 0 saturated heterocycles.